The lowest BCUT2D eigenvalue weighted by atomic mass is 9.82. The molecule has 3 rings (SSSR count). The molecule has 0 aliphatic heterocycles. The predicted octanol–water partition coefficient (Wildman–Crippen LogP) is 3.71. The first-order chi connectivity index (χ1) is 10.8. The largest absolute Gasteiger partial charge is 0.692 e. The van der Waals surface area contributed by atoms with Gasteiger partial charge in [0.25, 0.3) is 5.52 Å². The molecule has 120 valence electrons. The average Bonchev–Trinajstić information content (AvgIpc) is 2.83. The molecular weight excluding hydrogens is 314 g/mol. The van der Waals surface area contributed by atoms with Crippen LogP contribution in [0.5, 0.6) is 5.75 Å². The highest BCUT2D eigenvalue weighted by atomic mass is 35.5. The molecule has 2 aromatic carbocycles. The third-order valence-electron chi connectivity index (χ3n) is 4.37. The smallest absolute Gasteiger partial charge is 0.251 e. The van der Waals surface area contributed by atoms with E-state index in [9.17, 15) is 10.3 Å². The number of phenolic OH excluding ortho intramolecular Hbond substituents is 1. The lowest BCUT2D eigenvalue weighted by molar-refractivity contribution is -0.664. The maximum atomic E-state index is 12.5. The van der Waals surface area contributed by atoms with E-state index in [2.05, 4.69) is 25.9 Å². The van der Waals surface area contributed by atoms with Crippen molar-refractivity contribution in [3.63, 3.8) is 0 Å². The van der Waals surface area contributed by atoms with E-state index in [1.807, 2.05) is 6.07 Å². The number of fused-ring (bicyclic) bond motifs is 1. The maximum Gasteiger partial charge on any atom is 0.251 e. The summed E-state index contributed by atoms with van der Waals surface area (Å²) in [4.78, 5) is 1.81. The minimum absolute atomic E-state index is 0.00385. The van der Waals surface area contributed by atoms with E-state index in [1.165, 1.54) is 0 Å². The maximum absolute atomic E-state index is 12.5. The van der Waals surface area contributed by atoms with Gasteiger partial charge in [-0.1, -0.05) is 38.4 Å². The molecule has 0 bridgehead atoms. The first-order valence-electron chi connectivity index (χ1n) is 7.45. The highest BCUT2D eigenvalue weighted by Crippen LogP contribution is 2.31. The van der Waals surface area contributed by atoms with Crippen LogP contribution in [-0.2, 0) is 5.41 Å². The minimum Gasteiger partial charge on any atom is -0.692 e. The summed E-state index contributed by atoms with van der Waals surface area (Å²) >= 11 is 5.95. The first kappa shape index (κ1) is 15.6. The Morgan fingerprint density at radius 3 is 2.70 bits per heavy atom. The number of aromatic hydroxyl groups is 1. The molecule has 6 heteroatoms. The van der Waals surface area contributed by atoms with Crippen molar-refractivity contribution >= 4 is 22.6 Å². The van der Waals surface area contributed by atoms with E-state index >= 15 is 0 Å². The van der Waals surface area contributed by atoms with Crippen molar-refractivity contribution in [2.24, 2.45) is 0 Å². The van der Waals surface area contributed by atoms with E-state index < -0.39 is 0 Å². The van der Waals surface area contributed by atoms with Crippen molar-refractivity contribution in [2.75, 3.05) is 0 Å². The van der Waals surface area contributed by atoms with Gasteiger partial charge in [0.2, 0.25) is 5.52 Å². The number of hydrogen-bond acceptors (Lipinski definition) is 3. The van der Waals surface area contributed by atoms with Gasteiger partial charge in [-0.05, 0) is 46.5 Å². The molecule has 0 fully saturated rings. The number of phenols is 1. The second-order valence-corrected chi connectivity index (χ2v) is 6.67. The van der Waals surface area contributed by atoms with Gasteiger partial charge >= 0.3 is 0 Å². The van der Waals surface area contributed by atoms with Gasteiger partial charge in [0.1, 0.15) is 5.75 Å². The van der Waals surface area contributed by atoms with Crippen LogP contribution in [0.3, 0.4) is 0 Å². The molecule has 23 heavy (non-hydrogen) atoms. The third kappa shape index (κ3) is 2.61. The van der Waals surface area contributed by atoms with Crippen molar-refractivity contribution < 1.29 is 9.95 Å². The van der Waals surface area contributed by atoms with Gasteiger partial charge in [0.15, 0.2) is 5.69 Å². The number of nitrogens with zero attached hydrogens (tertiary/aromatic N) is 3. The van der Waals surface area contributed by atoms with E-state index in [1.54, 1.807) is 30.3 Å². The first-order valence-corrected chi connectivity index (χ1v) is 7.83. The molecule has 1 aromatic heterocycles. The summed E-state index contributed by atoms with van der Waals surface area (Å²) < 4.78 is 0. The molecule has 0 aliphatic rings. The molecule has 0 radical (unpaired) electrons. The van der Waals surface area contributed by atoms with Gasteiger partial charge in [-0.25, -0.2) is 0 Å². The van der Waals surface area contributed by atoms with Crippen LogP contribution in [-0.4, -0.2) is 15.0 Å². The molecule has 5 nitrogen and oxygen atoms in total. The highest BCUT2D eigenvalue weighted by Gasteiger charge is 2.23. The second-order valence-electron chi connectivity index (χ2n) is 6.24. The van der Waals surface area contributed by atoms with E-state index in [0.717, 1.165) is 16.8 Å². The minimum atomic E-state index is -0.0634. The molecule has 0 atom stereocenters. The quantitative estimate of drug-likeness (QED) is 0.588. The highest BCUT2D eigenvalue weighted by molar-refractivity contribution is 6.31. The summed E-state index contributed by atoms with van der Waals surface area (Å²) in [5, 5.41) is 27.5. The Kier molecular flexibility index (Phi) is 3.68. The van der Waals surface area contributed by atoms with Crippen molar-refractivity contribution in [3.8, 4) is 11.4 Å². The van der Waals surface area contributed by atoms with Gasteiger partial charge in [-0.3, -0.25) is 0 Å². The lowest BCUT2D eigenvalue weighted by Crippen LogP contribution is -2.37. The molecule has 0 saturated heterocycles. The van der Waals surface area contributed by atoms with E-state index in [0.29, 0.717) is 26.6 Å². The van der Waals surface area contributed by atoms with Crippen LogP contribution in [0, 0.1) is 5.21 Å². The number of rotatable bonds is 3. The predicted molar refractivity (Wildman–Crippen MR) is 90.0 cm³/mol. The summed E-state index contributed by atoms with van der Waals surface area (Å²) in [5.74, 6) is 0.00385. The van der Waals surface area contributed by atoms with Gasteiger partial charge < -0.3 is 10.3 Å². The van der Waals surface area contributed by atoms with Crippen molar-refractivity contribution in [3.05, 3.63) is 52.2 Å². The average molecular weight is 332 g/mol. The molecule has 0 unspecified atom stereocenters. The van der Waals surface area contributed by atoms with Crippen molar-refractivity contribution in [1.29, 1.82) is 0 Å². The second kappa shape index (κ2) is 5.42. The summed E-state index contributed by atoms with van der Waals surface area (Å²) in [7, 11) is 0. The van der Waals surface area contributed by atoms with Crippen LogP contribution in [0.4, 0.5) is 0 Å². The molecule has 0 amide bonds. The van der Waals surface area contributed by atoms with Crippen LogP contribution < -0.4 is 4.85 Å². The lowest BCUT2D eigenvalue weighted by Gasteiger charge is -2.23. The van der Waals surface area contributed by atoms with Crippen LogP contribution in [0.15, 0.2) is 36.4 Å². The van der Waals surface area contributed by atoms with Crippen molar-refractivity contribution in [1.82, 2.24) is 9.90 Å². The number of hydrogen-bond donors (Lipinski definition) is 1. The van der Waals surface area contributed by atoms with Gasteiger partial charge in [0.05, 0.1) is 5.10 Å². The van der Waals surface area contributed by atoms with E-state index in [4.69, 9.17) is 11.6 Å². The molecule has 0 aliphatic carbocycles. The van der Waals surface area contributed by atoms with E-state index in [-0.39, 0.29) is 11.2 Å². The Hall–Kier alpha value is -2.27. The Bertz CT molecular complexity index is 887. The fraction of sp³-hybridized carbons (Fsp3) is 0.294. The summed E-state index contributed by atoms with van der Waals surface area (Å²) in [6.45, 7) is 6.34. The number of aromatic nitrogens is 3. The Morgan fingerprint density at radius 1 is 1.26 bits per heavy atom. The SMILES string of the molecule is CCC(C)(C)c1ccc(O)c(-n2nc3cc(Cl)ccc3[n+]2[O-])c1. The third-order valence-corrected chi connectivity index (χ3v) is 4.61. The summed E-state index contributed by atoms with van der Waals surface area (Å²) in [6.07, 6.45) is 0.936. The fourth-order valence-electron chi connectivity index (χ4n) is 2.44. The zero-order chi connectivity index (χ0) is 16.8. The number of halogens is 1. The van der Waals surface area contributed by atoms with Crippen LogP contribution in [0.1, 0.15) is 32.8 Å². The zero-order valence-corrected chi connectivity index (χ0v) is 14.0. The normalized spacial score (nSPS) is 12.0. The van der Waals surface area contributed by atoms with Gasteiger partial charge in [0, 0.05) is 11.1 Å². The Labute approximate surface area is 139 Å². The standard InChI is InChI=1S/C17H18ClN3O2/c1-4-17(2,3)11-5-8-16(22)15(9-11)20-19-13-10-12(18)6-7-14(13)21(20)23/h5-10,22H,4H2,1-3H3. The molecule has 1 heterocycles. The molecule has 0 spiro atoms. The van der Waals surface area contributed by atoms with Gasteiger partial charge in [-0.15, -0.1) is 4.85 Å². The molecule has 3 aromatic rings. The number of benzene rings is 2. The summed E-state index contributed by atoms with van der Waals surface area (Å²) in [5.41, 5.74) is 2.20. The van der Waals surface area contributed by atoms with Crippen molar-refractivity contribution in [2.45, 2.75) is 32.6 Å². The molecular formula is C17H18ClN3O2. The Balaban J connectivity index is 2.22. The van der Waals surface area contributed by atoms with Crippen LogP contribution in [0.2, 0.25) is 5.02 Å². The topological polar surface area (TPSA) is 65.0 Å². The Morgan fingerprint density at radius 2 is 2.00 bits per heavy atom. The zero-order valence-electron chi connectivity index (χ0n) is 13.2. The fourth-order valence-corrected chi connectivity index (χ4v) is 2.61. The summed E-state index contributed by atoms with van der Waals surface area (Å²) in [6, 6.07) is 10.2. The molecule has 0 saturated carbocycles. The van der Waals surface area contributed by atoms with Crippen LogP contribution >= 0.6 is 11.6 Å². The molecule has 1 N–H and O–H groups in total. The van der Waals surface area contributed by atoms with Gasteiger partial charge in [-0.2, -0.15) is 0 Å². The van der Waals surface area contributed by atoms with Crippen LogP contribution in [0.25, 0.3) is 16.7 Å². The monoisotopic (exact) mass is 331 g/mol.